The quantitative estimate of drug-likeness (QED) is 0.594. The lowest BCUT2D eigenvalue weighted by Gasteiger charge is -2.24. The number of hydrogen-bond acceptors (Lipinski definition) is 2. The molecule has 0 spiro atoms. The average Bonchev–Trinajstić information content (AvgIpc) is 2.81. The number of carbonyl (C=O) groups excluding carboxylic acids is 2. The number of para-hydroxylation sites is 1. The molecule has 1 aliphatic rings. The number of nitrogens with one attached hydrogen (secondary N) is 1. The second-order valence-electron chi connectivity index (χ2n) is 7.98. The third-order valence-corrected chi connectivity index (χ3v) is 5.95. The van der Waals surface area contributed by atoms with Gasteiger partial charge in [-0.1, -0.05) is 54.6 Å². The number of amides is 2. The Morgan fingerprint density at radius 2 is 1.65 bits per heavy atom. The molecule has 0 fully saturated rings. The first-order valence-electron chi connectivity index (χ1n) is 11.0. The van der Waals surface area contributed by atoms with Crippen molar-refractivity contribution in [3.63, 3.8) is 0 Å². The summed E-state index contributed by atoms with van der Waals surface area (Å²) in [5.74, 6) is -0.00306. The van der Waals surface area contributed by atoms with Crippen LogP contribution < -0.4 is 10.2 Å². The highest BCUT2D eigenvalue weighted by molar-refractivity contribution is 5.97. The third-order valence-electron chi connectivity index (χ3n) is 5.95. The van der Waals surface area contributed by atoms with Crippen LogP contribution in [0.1, 0.15) is 42.4 Å². The second kappa shape index (κ2) is 9.61. The van der Waals surface area contributed by atoms with Crippen LogP contribution in [0.25, 0.3) is 0 Å². The molecule has 4 rings (SSSR count). The van der Waals surface area contributed by atoms with Gasteiger partial charge < -0.3 is 10.2 Å². The van der Waals surface area contributed by atoms with Crippen LogP contribution in [0.4, 0.5) is 11.4 Å². The molecule has 0 bridgehead atoms. The zero-order valence-electron chi connectivity index (χ0n) is 17.9. The molecule has 0 aliphatic heterocycles. The maximum atomic E-state index is 12.9. The summed E-state index contributed by atoms with van der Waals surface area (Å²) in [6.07, 6.45) is 3.28. The molecule has 31 heavy (non-hydrogen) atoms. The maximum absolute atomic E-state index is 12.9. The molecule has 158 valence electrons. The van der Waals surface area contributed by atoms with Gasteiger partial charge in [0.05, 0.1) is 12.3 Å². The molecule has 0 radical (unpaired) electrons. The molecular weight excluding hydrogens is 384 g/mol. The van der Waals surface area contributed by atoms with E-state index in [0.29, 0.717) is 13.0 Å². The molecular formula is C27H28N2O2. The lowest BCUT2D eigenvalue weighted by molar-refractivity contribution is -0.118. The van der Waals surface area contributed by atoms with Crippen LogP contribution in [-0.4, -0.2) is 18.4 Å². The fourth-order valence-corrected chi connectivity index (χ4v) is 4.34. The molecule has 0 saturated carbocycles. The Morgan fingerprint density at radius 3 is 2.39 bits per heavy atom. The minimum absolute atomic E-state index is 0.0391. The van der Waals surface area contributed by atoms with Gasteiger partial charge in [-0.3, -0.25) is 9.59 Å². The highest BCUT2D eigenvalue weighted by Gasteiger charge is 2.26. The van der Waals surface area contributed by atoms with Gasteiger partial charge in [0.25, 0.3) is 0 Å². The van der Waals surface area contributed by atoms with Crippen LogP contribution >= 0.6 is 0 Å². The molecule has 1 aliphatic carbocycles. The number of anilines is 2. The molecule has 3 aromatic carbocycles. The van der Waals surface area contributed by atoms with Gasteiger partial charge in [0.1, 0.15) is 0 Å². The lowest BCUT2D eigenvalue weighted by Crippen LogP contribution is -2.31. The zero-order chi connectivity index (χ0) is 21.6. The average molecular weight is 413 g/mol. The molecule has 1 N–H and O–H groups in total. The van der Waals surface area contributed by atoms with E-state index in [9.17, 15) is 9.59 Å². The Hall–Kier alpha value is -3.40. The van der Waals surface area contributed by atoms with E-state index in [4.69, 9.17) is 0 Å². The van der Waals surface area contributed by atoms with Crippen LogP contribution in [0.15, 0.2) is 78.9 Å². The zero-order valence-corrected chi connectivity index (χ0v) is 17.9. The number of likely N-dealkylation sites (N-methyl/N-ethyl adjacent to an activating group) is 1. The highest BCUT2D eigenvalue weighted by Crippen LogP contribution is 2.32. The van der Waals surface area contributed by atoms with Gasteiger partial charge in [-0.25, -0.2) is 0 Å². The Morgan fingerprint density at radius 1 is 0.935 bits per heavy atom. The first-order valence-corrected chi connectivity index (χ1v) is 11.0. The minimum atomic E-state index is -0.102. The van der Waals surface area contributed by atoms with E-state index in [-0.39, 0.29) is 17.7 Å². The van der Waals surface area contributed by atoms with Crippen molar-refractivity contribution in [1.29, 1.82) is 0 Å². The number of hydrogen-bond donors (Lipinski definition) is 1. The number of nitrogens with zero attached hydrogens (tertiary/aromatic N) is 1. The first-order chi connectivity index (χ1) is 15.2. The molecule has 0 heterocycles. The van der Waals surface area contributed by atoms with E-state index in [0.717, 1.165) is 41.8 Å². The molecule has 1 atom stereocenters. The number of carbonyl (C=O) groups is 2. The summed E-state index contributed by atoms with van der Waals surface area (Å²) in [4.78, 5) is 27.5. The molecule has 3 aromatic rings. The molecule has 4 heteroatoms. The highest BCUT2D eigenvalue weighted by atomic mass is 16.2. The van der Waals surface area contributed by atoms with Crippen LogP contribution in [0.5, 0.6) is 0 Å². The lowest BCUT2D eigenvalue weighted by atomic mass is 9.82. The summed E-state index contributed by atoms with van der Waals surface area (Å²) in [5.41, 5.74) is 5.03. The summed E-state index contributed by atoms with van der Waals surface area (Å²) < 4.78 is 0. The standard InChI is InChI=1S/C27H28N2O2/c1-2-29(23-11-4-3-5-12-23)26(30)19-20-15-17-22(18-16-20)28-27(31)25-14-8-10-21-9-6-7-13-24(21)25/h3-7,9,11-13,15-18,25H,2,8,10,14,19H2,1H3,(H,28,31). The van der Waals surface area contributed by atoms with Crippen molar-refractivity contribution < 1.29 is 9.59 Å². The van der Waals surface area contributed by atoms with Crippen LogP contribution in [0, 0.1) is 0 Å². The van der Waals surface area contributed by atoms with E-state index >= 15 is 0 Å². The van der Waals surface area contributed by atoms with Gasteiger partial charge in [-0.2, -0.15) is 0 Å². The monoisotopic (exact) mass is 412 g/mol. The van der Waals surface area contributed by atoms with Crippen molar-refractivity contribution in [2.75, 3.05) is 16.8 Å². The summed E-state index contributed by atoms with van der Waals surface area (Å²) in [6.45, 7) is 2.60. The van der Waals surface area contributed by atoms with Crippen LogP contribution in [0.3, 0.4) is 0 Å². The van der Waals surface area contributed by atoms with Gasteiger partial charge in [0.2, 0.25) is 11.8 Å². The Bertz CT molecular complexity index is 1040. The van der Waals surface area contributed by atoms with Crippen molar-refractivity contribution in [2.24, 2.45) is 0 Å². The van der Waals surface area contributed by atoms with Crippen LogP contribution in [-0.2, 0) is 22.4 Å². The Balaban J connectivity index is 1.40. The van der Waals surface area contributed by atoms with Crippen molar-refractivity contribution >= 4 is 23.2 Å². The predicted octanol–water partition coefficient (Wildman–Crippen LogP) is 5.34. The predicted molar refractivity (Wildman–Crippen MR) is 125 cm³/mol. The van der Waals surface area contributed by atoms with Crippen molar-refractivity contribution in [2.45, 2.75) is 38.5 Å². The van der Waals surface area contributed by atoms with Crippen molar-refractivity contribution in [1.82, 2.24) is 0 Å². The van der Waals surface area contributed by atoms with E-state index in [2.05, 4.69) is 17.4 Å². The molecule has 2 amide bonds. The maximum Gasteiger partial charge on any atom is 0.231 e. The van der Waals surface area contributed by atoms with Gasteiger partial charge >= 0.3 is 0 Å². The van der Waals surface area contributed by atoms with E-state index in [1.54, 1.807) is 4.90 Å². The number of fused-ring (bicyclic) bond motifs is 1. The fourth-order valence-electron chi connectivity index (χ4n) is 4.34. The summed E-state index contributed by atoms with van der Waals surface area (Å²) in [7, 11) is 0. The largest absolute Gasteiger partial charge is 0.326 e. The van der Waals surface area contributed by atoms with Crippen LogP contribution in [0.2, 0.25) is 0 Å². The minimum Gasteiger partial charge on any atom is -0.326 e. The third kappa shape index (κ3) is 4.85. The fraction of sp³-hybridized carbons (Fsp3) is 0.259. The Labute approximate surface area is 183 Å². The van der Waals surface area contributed by atoms with Crippen molar-refractivity contribution in [3.8, 4) is 0 Å². The first kappa shape index (κ1) is 20.9. The Kier molecular flexibility index (Phi) is 6.46. The summed E-state index contributed by atoms with van der Waals surface area (Å²) in [5, 5.41) is 3.06. The molecule has 4 nitrogen and oxygen atoms in total. The summed E-state index contributed by atoms with van der Waals surface area (Å²) >= 11 is 0. The molecule has 0 saturated heterocycles. The van der Waals surface area contributed by atoms with E-state index in [1.165, 1.54) is 5.56 Å². The summed E-state index contributed by atoms with van der Waals surface area (Å²) in [6, 6.07) is 25.6. The molecule has 0 aromatic heterocycles. The van der Waals surface area contributed by atoms with E-state index in [1.807, 2.05) is 73.7 Å². The number of benzene rings is 3. The van der Waals surface area contributed by atoms with Gasteiger partial charge in [0, 0.05) is 17.9 Å². The number of rotatable bonds is 6. The van der Waals surface area contributed by atoms with Gasteiger partial charge in [-0.15, -0.1) is 0 Å². The number of aryl methyl sites for hydroxylation is 1. The normalized spacial score (nSPS) is 15.1. The van der Waals surface area contributed by atoms with Gasteiger partial charge in [-0.05, 0) is 67.1 Å². The van der Waals surface area contributed by atoms with Crippen molar-refractivity contribution in [3.05, 3.63) is 95.6 Å². The van der Waals surface area contributed by atoms with E-state index < -0.39 is 0 Å². The smallest absolute Gasteiger partial charge is 0.231 e. The molecule has 1 unspecified atom stereocenters. The SMILES string of the molecule is CCN(C(=O)Cc1ccc(NC(=O)C2CCCc3ccccc32)cc1)c1ccccc1. The topological polar surface area (TPSA) is 49.4 Å². The second-order valence-corrected chi connectivity index (χ2v) is 7.98. The van der Waals surface area contributed by atoms with Gasteiger partial charge in [0.15, 0.2) is 0 Å².